The summed E-state index contributed by atoms with van der Waals surface area (Å²) in [7, 11) is 0. The van der Waals surface area contributed by atoms with Crippen molar-refractivity contribution in [3.63, 3.8) is 0 Å². The van der Waals surface area contributed by atoms with Crippen LogP contribution in [0.25, 0.3) is 6.08 Å². The Hall–Kier alpha value is -3.35. The zero-order valence-corrected chi connectivity index (χ0v) is 14.3. The minimum atomic E-state index is -4.75. The molecule has 4 nitrogen and oxygen atoms in total. The summed E-state index contributed by atoms with van der Waals surface area (Å²) in [6.45, 7) is 5.09. The van der Waals surface area contributed by atoms with Gasteiger partial charge in [0.1, 0.15) is 5.75 Å². The van der Waals surface area contributed by atoms with Crippen molar-refractivity contribution in [1.82, 2.24) is 0 Å². The van der Waals surface area contributed by atoms with Crippen LogP contribution in [0, 0.1) is 6.92 Å². The van der Waals surface area contributed by atoms with Crippen molar-refractivity contribution in [1.29, 1.82) is 0 Å². The van der Waals surface area contributed by atoms with Gasteiger partial charge < -0.3 is 10.1 Å². The van der Waals surface area contributed by atoms with Gasteiger partial charge in [0.2, 0.25) is 5.91 Å². The number of nitrogens with one attached hydrogen (secondary N) is 1. The van der Waals surface area contributed by atoms with Crippen molar-refractivity contribution in [3.8, 4) is 5.75 Å². The van der Waals surface area contributed by atoms with Crippen LogP contribution in [0.15, 0.2) is 61.2 Å². The van der Waals surface area contributed by atoms with Crippen LogP contribution < -0.4 is 10.1 Å². The van der Waals surface area contributed by atoms with Gasteiger partial charge in [-0.1, -0.05) is 36.4 Å². The second-order valence-electron chi connectivity index (χ2n) is 5.56. The lowest BCUT2D eigenvalue weighted by Gasteiger charge is -2.14. The van der Waals surface area contributed by atoms with Gasteiger partial charge in [-0.05, 0) is 36.8 Å². The number of alkyl halides is 3. The minimum Gasteiger partial charge on any atom is -0.423 e. The van der Waals surface area contributed by atoms with Gasteiger partial charge in [0, 0.05) is 12.2 Å². The zero-order chi connectivity index (χ0) is 20.0. The van der Waals surface area contributed by atoms with Crippen molar-refractivity contribution in [2.45, 2.75) is 13.1 Å². The van der Waals surface area contributed by atoms with Crippen molar-refractivity contribution in [3.05, 3.63) is 77.9 Å². The number of benzene rings is 2. The average molecular weight is 375 g/mol. The molecule has 0 spiro atoms. The minimum absolute atomic E-state index is 0.305. The maximum Gasteiger partial charge on any atom is 0.418 e. The molecule has 0 aliphatic heterocycles. The van der Waals surface area contributed by atoms with Crippen molar-refractivity contribution in [2.75, 3.05) is 5.32 Å². The van der Waals surface area contributed by atoms with Crippen LogP contribution in [0.1, 0.15) is 16.7 Å². The highest BCUT2D eigenvalue weighted by Gasteiger charge is 2.34. The fraction of sp³-hybridized carbons (Fsp3) is 0.100. The highest BCUT2D eigenvalue weighted by Crippen LogP contribution is 2.37. The molecule has 27 heavy (non-hydrogen) atoms. The Morgan fingerprint density at radius 1 is 1.11 bits per heavy atom. The summed E-state index contributed by atoms with van der Waals surface area (Å²) in [6, 6.07) is 10.1. The molecule has 2 rings (SSSR count). The van der Waals surface area contributed by atoms with E-state index < -0.39 is 29.3 Å². The predicted molar refractivity (Wildman–Crippen MR) is 96.1 cm³/mol. The van der Waals surface area contributed by atoms with Gasteiger partial charge >= 0.3 is 12.1 Å². The van der Waals surface area contributed by atoms with Crippen molar-refractivity contribution < 1.29 is 27.5 Å². The molecule has 0 atom stereocenters. The average Bonchev–Trinajstić information content (AvgIpc) is 2.61. The molecule has 0 fully saturated rings. The Balaban J connectivity index is 2.21. The molecule has 0 aliphatic rings. The van der Waals surface area contributed by atoms with Gasteiger partial charge in [0.25, 0.3) is 0 Å². The highest BCUT2D eigenvalue weighted by atomic mass is 19.4. The predicted octanol–water partition coefficient (Wildman–Crippen LogP) is 4.76. The Labute approximate surface area is 154 Å². The van der Waals surface area contributed by atoms with Crippen molar-refractivity contribution in [2.24, 2.45) is 0 Å². The van der Waals surface area contributed by atoms with Gasteiger partial charge in [-0.15, -0.1) is 0 Å². The van der Waals surface area contributed by atoms with Gasteiger partial charge in [0.15, 0.2) is 0 Å². The Morgan fingerprint density at radius 3 is 2.37 bits per heavy atom. The number of carbonyl (C=O) groups excluding carboxylic acids is 2. The van der Waals surface area contributed by atoms with Crippen LogP contribution in [0.2, 0.25) is 0 Å². The molecule has 1 amide bonds. The maximum absolute atomic E-state index is 13.3. The van der Waals surface area contributed by atoms with E-state index in [1.165, 1.54) is 6.08 Å². The largest absolute Gasteiger partial charge is 0.423 e. The number of amides is 1. The van der Waals surface area contributed by atoms with E-state index in [2.05, 4.69) is 11.9 Å². The van der Waals surface area contributed by atoms with Crippen LogP contribution in [-0.4, -0.2) is 11.9 Å². The molecule has 2 aromatic rings. The number of halogens is 3. The first-order valence-corrected chi connectivity index (χ1v) is 7.80. The number of anilines is 1. The van der Waals surface area contributed by atoms with Crippen molar-refractivity contribution >= 4 is 23.6 Å². The summed E-state index contributed by atoms with van der Waals surface area (Å²) in [5.41, 5.74) is 0.204. The smallest absolute Gasteiger partial charge is 0.418 e. The molecule has 0 heterocycles. The van der Waals surface area contributed by atoms with E-state index >= 15 is 0 Å². The molecule has 0 aromatic heterocycles. The third-order valence-electron chi connectivity index (χ3n) is 3.44. The first-order valence-electron chi connectivity index (χ1n) is 7.80. The molecule has 0 saturated carbocycles. The van der Waals surface area contributed by atoms with Gasteiger partial charge in [-0.3, -0.25) is 4.79 Å². The molecule has 140 valence electrons. The highest BCUT2D eigenvalue weighted by molar-refractivity contribution is 6.02. The van der Waals surface area contributed by atoms with Crippen LogP contribution in [0.3, 0.4) is 0 Å². The topological polar surface area (TPSA) is 55.4 Å². The summed E-state index contributed by atoms with van der Waals surface area (Å²) in [5.74, 6) is -1.92. The van der Waals surface area contributed by atoms with Gasteiger partial charge in [0.05, 0.1) is 11.3 Å². The number of ether oxygens (including phenoxy) is 1. The summed E-state index contributed by atoms with van der Waals surface area (Å²) in [6.07, 6.45) is -1.29. The van der Waals surface area contributed by atoms with Crippen LogP contribution >= 0.6 is 0 Å². The van der Waals surface area contributed by atoms with E-state index in [0.717, 1.165) is 35.4 Å². The number of aryl methyl sites for hydroxylation is 1. The second-order valence-corrected chi connectivity index (χ2v) is 5.56. The van der Waals surface area contributed by atoms with E-state index in [9.17, 15) is 22.8 Å². The SMILES string of the molecule is C=CC(=O)Oc1ccc(NC(=O)/C=C/c2ccc(C)cc2)c(C(F)(F)F)c1. The summed E-state index contributed by atoms with van der Waals surface area (Å²) >= 11 is 0. The lowest BCUT2D eigenvalue weighted by atomic mass is 10.1. The standard InChI is InChI=1S/C20H16F3NO3/c1-3-19(26)27-15-9-10-17(16(12-15)20(21,22)23)24-18(25)11-8-14-6-4-13(2)5-7-14/h3-12H,1H2,2H3,(H,24,25)/b11-8+. The molecule has 2 aromatic carbocycles. The van der Waals surface area contributed by atoms with Gasteiger partial charge in [-0.25, -0.2) is 4.79 Å². The summed E-state index contributed by atoms with van der Waals surface area (Å²) < 4.78 is 44.5. The number of esters is 1. The number of carbonyl (C=O) groups is 2. The fourth-order valence-corrected chi connectivity index (χ4v) is 2.11. The third kappa shape index (κ3) is 5.85. The van der Waals surface area contributed by atoms with E-state index in [-0.39, 0.29) is 5.75 Å². The number of hydrogen-bond donors (Lipinski definition) is 1. The first-order chi connectivity index (χ1) is 12.7. The second kappa shape index (κ2) is 8.35. The molecule has 7 heteroatoms. The monoisotopic (exact) mass is 375 g/mol. The molecular weight excluding hydrogens is 359 g/mol. The number of rotatable bonds is 5. The zero-order valence-electron chi connectivity index (χ0n) is 14.3. The van der Waals surface area contributed by atoms with E-state index in [1.54, 1.807) is 12.1 Å². The Morgan fingerprint density at radius 2 is 1.78 bits per heavy atom. The molecule has 0 unspecified atom stereocenters. The fourth-order valence-electron chi connectivity index (χ4n) is 2.11. The Bertz CT molecular complexity index is 884. The molecule has 0 aliphatic carbocycles. The third-order valence-corrected chi connectivity index (χ3v) is 3.44. The van der Waals surface area contributed by atoms with E-state index in [0.29, 0.717) is 6.07 Å². The summed E-state index contributed by atoms with van der Waals surface area (Å²) in [4.78, 5) is 23.1. The van der Waals surface area contributed by atoms with E-state index in [1.807, 2.05) is 19.1 Å². The Kier molecular flexibility index (Phi) is 6.18. The molecular formula is C20H16F3NO3. The molecule has 1 N–H and O–H groups in total. The quantitative estimate of drug-likeness (QED) is 0.466. The normalized spacial score (nSPS) is 11.3. The molecule has 0 radical (unpaired) electrons. The van der Waals surface area contributed by atoms with Crippen LogP contribution in [0.5, 0.6) is 5.75 Å². The van der Waals surface area contributed by atoms with E-state index in [4.69, 9.17) is 4.74 Å². The molecule has 0 saturated heterocycles. The summed E-state index contributed by atoms with van der Waals surface area (Å²) in [5, 5.41) is 2.19. The maximum atomic E-state index is 13.3. The first kappa shape index (κ1) is 20.0. The van der Waals surface area contributed by atoms with Gasteiger partial charge in [-0.2, -0.15) is 13.2 Å². The lowest BCUT2D eigenvalue weighted by Crippen LogP contribution is -2.15. The van der Waals surface area contributed by atoms with Crippen LogP contribution in [-0.2, 0) is 15.8 Å². The lowest BCUT2D eigenvalue weighted by molar-refractivity contribution is -0.137. The number of hydrogen-bond acceptors (Lipinski definition) is 3. The molecule has 0 bridgehead atoms. The van der Waals surface area contributed by atoms with Crippen LogP contribution in [0.4, 0.5) is 18.9 Å².